The third kappa shape index (κ3) is 1.10. The van der Waals surface area contributed by atoms with Crippen LogP contribution in [-0.4, -0.2) is 4.98 Å². The van der Waals surface area contributed by atoms with E-state index >= 15 is 0 Å². The van der Waals surface area contributed by atoms with Crippen LogP contribution in [0.2, 0.25) is 5.02 Å². The van der Waals surface area contributed by atoms with Crippen LogP contribution in [0.15, 0.2) is 12.1 Å². The SMILES string of the molecule is Cc1c(C#N)[nH]c2c(C)c(Cl)ccc12. The van der Waals surface area contributed by atoms with E-state index in [4.69, 9.17) is 16.9 Å². The van der Waals surface area contributed by atoms with Gasteiger partial charge in [-0.2, -0.15) is 5.26 Å². The molecule has 0 bridgehead atoms. The van der Waals surface area contributed by atoms with Crippen LogP contribution in [0.1, 0.15) is 16.8 Å². The molecule has 0 fully saturated rings. The largest absolute Gasteiger partial charge is 0.346 e. The molecule has 0 saturated heterocycles. The molecule has 1 aromatic carbocycles. The van der Waals surface area contributed by atoms with Gasteiger partial charge in [0.15, 0.2) is 0 Å². The van der Waals surface area contributed by atoms with Gasteiger partial charge in [-0.3, -0.25) is 0 Å². The number of nitrogens with one attached hydrogen (secondary N) is 1. The molecule has 0 aliphatic heterocycles. The molecule has 2 rings (SSSR count). The van der Waals surface area contributed by atoms with Gasteiger partial charge in [-0.15, -0.1) is 0 Å². The maximum atomic E-state index is 8.87. The zero-order valence-electron chi connectivity index (χ0n) is 7.98. The zero-order valence-corrected chi connectivity index (χ0v) is 8.74. The van der Waals surface area contributed by atoms with Gasteiger partial charge in [-0.25, -0.2) is 0 Å². The van der Waals surface area contributed by atoms with Crippen molar-refractivity contribution < 1.29 is 0 Å². The predicted octanol–water partition coefficient (Wildman–Crippen LogP) is 3.31. The number of benzene rings is 1. The Kier molecular flexibility index (Phi) is 1.98. The van der Waals surface area contributed by atoms with Crippen LogP contribution in [0.4, 0.5) is 0 Å². The van der Waals surface area contributed by atoms with Crippen molar-refractivity contribution in [3.63, 3.8) is 0 Å². The molecule has 3 heteroatoms. The molecule has 1 N–H and O–H groups in total. The molecule has 70 valence electrons. The fourth-order valence-corrected chi connectivity index (χ4v) is 1.78. The van der Waals surface area contributed by atoms with Crippen molar-refractivity contribution in [3.8, 4) is 6.07 Å². The summed E-state index contributed by atoms with van der Waals surface area (Å²) in [7, 11) is 0. The molecule has 1 aromatic heterocycles. The first-order valence-electron chi connectivity index (χ1n) is 4.32. The van der Waals surface area contributed by atoms with Gasteiger partial charge in [-0.1, -0.05) is 17.7 Å². The minimum atomic E-state index is 0.616. The number of nitriles is 1. The normalized spacial score (nSPS) is 10.4. The first-order valence-corrected chi connectivity index (χ1v) is 4.70. The Hall–Kier alpha value is -1.46. The number of aromatic nitrogens is 1. The van der Waals surface area contributed by atoms with Gasteiger partial charge in [0.2, 0.25) is 0 Å². The lowest BCUT2D eigenvalue weighted by Gasteiger charge is -1.98. The Morgan fingerprint density at radius 1 is 1.29 bits per heavy atom. The lowest BCUT2D eigenvalue weighted by atomic mass is 10.1. The Labute approximate surface area is 87.1 Å². The molecule has 0 saturated carbocycles. The van der Waals surface area contributed by atoms with Gasteiger partial charge in [-0.05, 0) is 31.0 Å². The fourth-order valence-electron chi connectivity index (χ4n) is 1.63. The summed E-state index contributed by atoms with van der Waals surface area (Å²) in [5.74, 6) is 0. The third-order valence-corrected chi connectivity index (χ3v) is 2.95. The van der Waals surface area contributed by atoms with E-state index < -0.39 is 0 Å². The van der Waals surface area contributed by atoms with Gasteiger partial charge in [0.25, 0.3) is 0 Å². The number of hydrogen-bond acceptors (Lipinski definition) is 1. The Balaban J connectivity index is 2.94. The number of rotatable bonds is 0. The van der Waals surface area contributed by atoms with Crippen molar-refractivity contribution in [2.75, 3.05) is 0 Å². The number of nitrogens with zero attached hydrogens (tertiary/aromatic N) is 1. The monoisotopic (exact) mass is 204 g/mol. The van der Waals surface area contributed by atoms with E-state index in [0.717, 1.165) is 27.1 Å². The van der Waals surface area contributed by atoms with Gasteiger partial charge < -0.3 is 4.98 Å². The van der Waals surface area contributed by atoms with Crippen LogP contribution in [0.3, 0.4) is 0 Å². The van der Waals surface area contributed by atoms with Gasteiger partial charge in [0.05, 0.1) is 5.52 Å². The number of hydrogen-bond donors (Lipinski definition) is 1. The predicted molar refractivity (Wildman–Crippen MR) is 57.5 cm³/mol. The summed E-state index contributed by atoms with van der Waals surface area (Å²) in [6, 6.07) is 5.94. The highest BCUT2D eigenvalue weighted by Crippen LogP contribution is 2.28. The maximum Gasteiger partial charge on any atom is 0.121 e. The molecular weight excluding hydrogens is 196 g/mol. The smallest absolute Gasteiger partial charge is 0.121 e. The van der Waals surface area contributed by atoms with Crippen molar-refractivity contribution in [1.82, 2.24) is 4.98 Å². The van der Waals surface area contributed by atoms with E-state index in [1.807, 2.05) is 26.0 Å². The summed E-state index contributed by atoms with van der Waals surface area (Å²) in [4.78, 5) is 3.08. The first kappa shape index (κ1) is 9.11. The molecule has 0 amide bonds. The molecule has 0 aliphatic carbocycles. The highest BCUT2D eigenvalue weighted by atomic mass is 35.5. The quantitative estimate of drug-likeness (QED) is 0.703. The minimum absolute atomic E-state index is 0.616. The Bertz CT molecular complexity index is 546. The molecule has 0 radical (unpaired) electrons. The average molecular weight is 205 g/mol. The van der Waals surface area contributed by atoms with Crippen LogP contribution in [-0.2, 0) is 0 Å². The van der Waals surface area contributed by atoms with E-state index in [0.29, 0.717) is 5.69 Å². The van der Waals surface area contributed by atoms with Crippen LogP contribution < -0.4 is 0 Å². The molecule has 0 atom stereocenters. The molecule has 2 nitrogen and oxygen atoms in total. The van der Waals surface area contributed by atoms with E-state index in [-0.39, 0.29) is 0 Å². The Morgan fingerprint density at radius 2 is 2.00 bits per heavy atom. The second kappa shape index (κ2) is 3.04. The van der Waals surface area contributed by atoms with Crippen molar-refractivity contribution in [1.29, 1.82) is 5.26 Å². The van der Waals surface area contributed by atoms with Gasteiger partial charge in [0, 0.05) is 10.4 Å². The van der Waals surface area contributed by atoms with Gasteiger partial charge >= 0.3 is 0 Å². The number of aromatic amines is 1. The van der Waals surface area contributed by atoms with E-state index in [1.54, 1.807) is 0 Å². The molecule has 1 heterocycles. The number of H-pyrrole nitrogens is 1. The fraction of sp³-hybridized carbons (Fsp3) is 0.182. The molecule has 0 aliphatic rings. The molecule has 0 spiro atoms. The lowest BCUT2D eigenvalue weighted by Crippen LogP contribution is -1.78. The average Bonchev–Trinajstić information content (AvgIpc) is 2.50. The molecule has 0 unspecified atom stereocenters. The highest BCUT2D eigenvalue weighted by molar-refractivity contribution is 6.32. The van der Waals surface area contributed by atoms with E-state index in [2.05, 4.69) is 11.1 Å². The van der Waals surface area contributed by atoms with E-state index in [1.165, 1.54) is 0 Å². The number of aryl methyl sites for hydroxylation is 2. The summed E-state index contributed by atoms with van der Waals surface area (Å²) in [6.45, 7) is 3.88. The van der Waals surface area contributed by atoms with Gasteiger partial charge in [0.1, 0.15) is 11.8 Å². The third-order valence-electron chi connectivity index (χ3n) is 2.54. The van der Waals surface area contributed by atoms with Crippen LogP contribution in [0.5, 0.6) is 0 Å². The molecule has 14 heavy (non-hydrogen) atoms. The van der Waals surface area contributed by atoms with Crippen molar-refractivity contribution in [2.24, 2.45) is 0 Å². The van der Waals surface area contributed by atoms with Crippen LogP contribution >= 0.6 is 11.6 Å². The maximum absolute atomic E-state index is 8.87. The second-order valence-corrected chi connectivity index (χ2v) is 3.74. The molecular formula is C11H9ClN2. The Morgan fingerprint density at radius 3 is 2.64 bits per heavy atom. The van der Waals surface area contributed by atoms with Crippen molar-refractivity contribution in [3.05, 3.63) is 34.0 Å². The van der Waals surface area contributed by atoms with E-state index in [9.17, 15) is 0 Å². The standard InChI is InChI=1S/C11H9ClN2/c1-6-8-3-4-9(12)7(2)11(8)14-10(6)5-13/h3-4,14H,1-2H3. The minimum Gasteiger partial charge on any atom is -0.346 e. The lowest BCUT2D eigenvalue weighted by molar-refractivity contribution is 1.32. The summed E-state index contributed by atoms with van der Waals surface area (Å²) < 4.78 is 0. The van der Waals surface area contributed by atoms with Crippen LogP contribution in [0.25, 0.3) is 10.9 Å². The van der Waals surface area contributed by atoms with Crippen molar-refractivity contribution >= 4 is 22.5 Å². The summed E-state index contributed by atoms with van der Waals surface area (Å²) in [6.07, 6.45) is 0. The summed E-state index contributed by atoms with van der Waals surface area (Å²) >= 11 is 5.99. The second-order valence-electron chi connectivity index (χ2n) is 3.33. The topological polar surface area (TPSA) is 39.6 Å². The first-order chi connectivity index (χ1) is 6.65. The van der Waals surface area contributed by atoms with Crippen LogP contribution in [0, 0.1) is 25.2 Å². The number of fused-ring (bicyclic) bond motifs is 1. The number of halogens is 1. The van der Waals surface area contributed by atoms with Crippen molar-refractivity contribution in [2.45, 2.75) is 13.8 Å². The molecule has 2 aromatic rings. The highest BCUT2D eigenvalue weighted by Gasteiger charge is 2.09. The summed E-state index contributed by atoms with van der Waals surface area (Å²) in [5.41, 5.74) is 3.56. The zero-order chi connectivity index (χ0) is 10.3. The summed E-state index contributed by atoms with van der Waals surface area (Å²) in [5, 5.41) is 10.7.